The quantitative estimate of drug-likeness (QED) is 0.167. The summed E-state index contributed by atoms with van der Waals surface area (Å²) in [5.74, 6) is 0. The van der Waals surface area contributed by atoms with Crippen molar-refractivity contribution in [3.05, 3.63) is 276 Å². The van der Waals surface area contributed by atoms with Crippen molar-refractivity contribution >= 4 is 33.8 Å². The number of hydrogen-bond donors (Lipinski definition) is 0. The van der Waals surface area contributed by atoms with Gasteiger partial charge in [0.2, 0.25) is 0 Å². The summed E-state index contributed by atoms with van der Waals surface area (Å²) in [5.41, 5.74) is 23.9. The molecule has 0 heterocycles. The highest BCUT2D eigenvalue weighted by Crippen LogP contribution is 2.44. The van der Waals surface area contributed by atoms with E-state index in [2.05, 4.69) is 242 Å². The van der Waals surface area contributed by atoms with E-state index in [1.54, 1.807) is 0 Å². The molecule has 0 fully saturated rings. The van der Waals surface area contributed by atoms with Crippen molar-refractivity contribution in [1.82, 2.24) is 0 Å². The zero-order valence-electron chi connectivity index (χ0n) is 36.0. The van der Waals surface area contributed by atoms with Gasteiger partial charge in [-0.1, -0.05) is 200 Å². The molecule has 0 aliphatic heterocycles. The van der Waals surface area contributed by atoms with E-state index in [1.165, 1.54) is 89.0 Å². The van der Waals surface area contributed by atoms with Gasteiger partial charge in [0.05, 0.1) is 0 Å². The van der Waals surface area contributed by atoms with E-state index in [1.807, 2.05) is 0 Å². The molecule has 11 rings (SSSR count). The summed E-state index contributed by atoms with van der Waals surface area (Å²) in [5, 5.41) is 0. The summed E-state index contributed by atoms with van der Waals surface area (Å²) in [6.45, 7) is 0. The Kier molecular flexibility index (Phi) is 10.7. The average Bonchev–Trinajstić information content (AvgIpc) is 3.62. The first kappa shape index (κ1) is 39.1. The number of rotatable bonds is 5. The van der Waals surface area contributed by atoms with Crippen molar-refractivity contribution in [1.29, 1.82) is 0 Å². The van der Waals surface area contributed by atoms with Crippen molar-refractivity contribution < 1.29 is 0 Å². The van der Waals surface area contributed by atoms with E-state index in [4.69, 9.17) is 0 Å². The van der Waals surface area contributed by atoms with Gasteiger partial charge < -0.3 is 4.90 Å². The number of nitrogens with zero attached hydrogens (tertiary/aromatic N) is 1. The fourth-order valence-electron chi connectivity index (χ4n) is 9.97. The van der Waals surface area contributed by atoms with Gasteiger partial charge in [0.25, 0.3) is 0 Å². The average molecular weight is 820 g/mol. The van der Waals surface area contributed by atoms with E-state index in [0.29, 0.717) is 0 Å². The molecule has 0 saturated heterocycles. The molecule has 8 aromatic rings. The molecule has 0 spiro atoms. The maximum atomic E-state index is 2.46. The number of hydrogen-bond acceptors (Lipinski definition) is 1. The highest BCUT2D eigenvalue weighted by molar-refractivity contribution is 6.09. The molecule has 0 amide bonds. The first-order valence-corrected chi connectivity index (χ1v) is 22.7. The Bertz CT molecular complexity index is 3150. The van der Waals surface area contributed by atoms with Crippen molar-refractivity contribution in [3.63, 3.8) is 0 Å². The number of fused-ring (bicyclic) bond motifs is 10. The van der Waals surface area contributed by atoms with Crippen LogP contribution in [0.3, 0.4) is 0 Å². The first-order valence-electron chi connectivity index (χ1n) is 22.7. The predicted octanol–water partition coefficient (Wildman–Crippen LogP) is 16.8. The van der Waals surface area contributed by atoms with Crippen LogP contribution in [0.1, 0.15) is 58.2 Å². The van der Waals surface area contributed by atoms with Gasteiger partial charge in [0, 0.05) is 17.1 Å². The lowest BCUT2D eigenvalue weighted by molar-refractivity contribution is 1.05. The van der Waals surface area contributed by atoms with Crippen LogP contribution in [-0.4, -0.2) is 0 Å². The van der Waals surface area contributed by atoms with Gasteiger partial charge in [-0.25, -0.2) is 0 Å². The molecule has 0 atom stereocenters. The van der Waals surface area contributed by atoms with Crippen LogP contribution in [0.25, 0.3) is 50.1 Å². The lowest BCUT2D eigenvalue weighted by Gasteiger charge is -2.28. The number of benzene rings is 8. The summed E-state index contributed by atoms with van der Waals surface area (Å²) < 4.78 is 0. The van der Waals surface area contributed by atoms with Crippen molar-refractivity contribution in [2.24, 2.45) is 0 Å². The summed E-state index contributed by atoms with van der Waals surface area (Å²) in [4.78, 5) is 2.44. The Morgan fingerprint density at radius 1 is 0.344 bits per heavy atom. The minimum absolute atomic E-state index is 0.769. The molecule has 0 saturated carbocycles. The molecular weight excluding hydrogens is 771 g/mol. The monoisotopic (exact) mass is 819 g/mol. The molecule has 64 heavy (non-hydrogen) atoms. The topological polar surface area (TPSA) is 3.24 Å². The zero-order valence-corrected chi connectivity index (χ0v) is 36.0. The van der Waals surface area contributed by atoms with Gasteiger partial charge in [0.15, 0.2) is 0 Å². The summed E-state index contributed by atoms with van der Waals surface area (Å²) >= 11 is 0. The molecule has 0 aromatic heterocycles. The summed E-state index contributed by atoms with van der Waals surface area (Å²) in [6, 6.07) is 72.3. The fraction of sp³-hybridized carbons (Fsp3) is 0.0794. The van der Waals surface area contributed by atoms with Crippen LogP contribution in [0.5, 0.6) is 0 Å². The lowest BCUT2D eigenvalue weighted by Crippen LogP contribution is -2.11. The van der Waals surface area contributed by atoms with Crippen molar-refractivity contribution in [2.45, 2.75) is 32.1 Å². The van der Waals surface area contributed by atoms with E-state index in [-0.39, 0.29) is 0 Å². The second-order valence-electron chi connectivity index (χ2n) is 17.0. The van der Waals surface area contributed by atoms with Gasteiger partial charge in [-0.3, -0.25) is 0 Å². The third kappa shape index (κ3) is 7.71. The smallest absolute Gasteiger partial charge is 0.0464 e. The molecular formula is C63H49N. The zero-order chi connectivity index (χ0) is 42.7. The SMILES string of the molecule is C1=CCC=C2C(=C1)c1ccccc1-c1ccccc1Cc1ccccc1-c1ccc(N(c3ccc(C4=CC=CCC4)cc3)c3ccc(-c4ccccc4)cc3)cc1Cc1ccccc12. The molecule has 3 aliphatic carbocycles. The Hall–Kier alpha value is -7.74. The highest BCUT2D eigenvalue weighted by Gasteiger charge is 2.23. The van der Waals surface area contributed by atoms with Crippen LogP contribution in [0.2, 0.25) is 0 Å². The molecule has 3 aliphatic rings. The largest absolute Gasteiger partial charge is 0.310 e. The number of anilines is 3. The van der Waals surface area contributed by atoms with Crippen molar-refractivity contribution in [3.8, 4) is 33.4 Å². The Morgan fingerprint density at radius 3 is 1.55 bits per heavy atom. The molecule has 1 heteroatoms. The fourth-order valence-corrected chi connectivity index (χ4v) is 9.97. The lowest BCUT2D eigenvalue weighted by atomic mass is 9.81. The molecule has 0 unspecified atom stereocenters. The van der Waals surface area contributed by atoms with Crippen molar-refractivity contribution in [2.75, 3.05) is 4.90 Å². The second-order valence-corrected chi connectivity index (χ2v) is 17.0. The van der Waals surface area contributed by atoms with Gasteiger partial charge >= 0.3 is 0 Å². The first-order chi connectivity index (χ1) is 31.7. The van der Waals surface area contributed by atoms with Crippen LogP contribution in [0, 0.1) is 0 Å². The predicted molar refractivity (Wildman–Crippen MR) is 272 cm³/mol. The normalized spacial score (nSPS) is 14.1. The highest BCUT2D eigenvalue weighted by atomic mass is 15.1. The van der Waals surface area contributed by atoms with Gasteiger partial charge in [-0.2, -0.15) is 0 Å². The molecule has 0 N–H and O–H groups in total. The molecule has 306 valence electrons. The van der Waals surface area contributed by atoms with Crippen LogP contribution in [0.15, 0.2) is 237 Å². The molecule has 0 radical (unpaired) electrons. The number of allylic oxidation sites excluding steroid dienone is 10. The van der Waals surface area contributed by atoms with Crippen LogP contribution in [0.4, 0.5) is 17.1 Å². The third-order valence-corrected chi connectivity index (χ3v) is 13.1. The maximum absolute atomic E-state index is 2.46. The summed E-state index contributed by atoms with van der Waals surface area (Å²) in [7, 11) is 0. The summed E-state index contributed by atoms with van der Waals surface area (Å²) in [6.07, 6.45) is 20.6. The standard InChI is InChI=1S/C63H49N/c1-4-18-45(19-5-1)47-32-36-53(37-33-47)64(54-38-34-48(35-39-54)46-20-6-2-7-21-46)55-40-41-59-52(44-55)43-51-24-12-15-27-58(51)60-28-8-3-9-29-62(60)63-31-17-16-30-61(63)57-26-14-11-23-50(57)42-49-22-10-13-25-56(49)59/h1-6,9-20,22-41,44H,7-8,21,42-43H2. The van der Waals surface area contributed by atoms with Crippen LogP contribution < -0.4 is 4.90 Å². The van der Waals surface area contributed by atoms with E-state index in [0.717, 1.165) is 49.2 Å². The second kappa shape index (κ2) is 17.6. The van der Waals surface area contributed by atoms with E-state index in [9.17, 15) is 0 Å². The molecule has 0 bridgehead atoms. The van der Waals surface area contributed by atoms with Gasteiger partial charge in [-0.15, -0.1) is 0 Å². The van der Waals surface area contributed by atoms with Gasteiger partial charge in [-0.05, 0) is 158 Å². The minimum Gasteiger partial charge on any atom is -0.310 e. The van der Waals surface area contributed by atoms with Crippen LogP contribution >= 0.6 is 0 Å². The molecule has 1 nitrogen and oxygen atoms in total. The van der Waals surface area contributed by atoms with E-state index < -0.39 is 0 Å². The third-order valence-electron chi connectivity index (χ3n) is 13.1. The van der Waals surface area contributed by atoms with Gasteiger partial charge in [0.1, 0.15) is 0 Å². The Labute approximate surface area is 378 Å². The van der Waals surface area contributed by atoms with E-state index >= 15 is 0 Å². The Morgan fingerprint density at radius 2 is 0.859 bits per heavy atom. The van der Waals surface area contributed by atoms with Crippen LogP contribution in [-0.2, 0) is 12.8 Å². The molecule has 8 aromatic carbocycles. The minimum atomic E-state index is 0.769. The Balaban J connectivity index is 1.11. The maximum Gasteiger partial charge on any atom is 0.0464 e.